The molecule has 0 saturated heterocycles. The lowest BCUT2D eigenvalue weighted by molar-refractivity contribution is -0.180. The average molecular weight is 266 g/mol. The van der Waals surface area contributed by atoms with Crippen LogP contribution in [0.15, 0.2) is 0 Å². The minimum absolute atomic E-state index is 0.222. The Bertz CT molecular complexity index is 418. The van der Waals surface area contributed by atoms with Gasteiger partial charge in [0.2, 0.25) is 0 Å². The Balaban J connectivity index is 1.80. The first kappa shape index (κ1) is 13.1. The van der Waals surface area contributed by atoms with Gasteiger partial charge in [0, 0.05) is 5.54 Å². The molecule has 3 atom stereocenters. The lowest BCUT2D eigenvalue weighted by Crippen LogP contribution is -2.62. The molecule has 0 aliphatic heterocycles. The van der Waals surface area contributed by atoms with Crippen molar-refractivity contribution in [2.75, 3.05) is 0 Å². The zero-order chi connectivity index (χ0) is 13.8. The zero-order valence-electron chi connectivity index (χ0n) is 11.4. The van der Waals surface area contributed by atoms with Gasteiger partial charge in [-0.15, -0.1) is 0 Å². The number of nitrogens with two attached hydrogens (primary N) is 2. The van der Waals surface area contributed by atoms with Crippen molar-refractivity contribution in [3.63, 3.8) is 0 Å². The second kappa shape index (κ2) is 4.03. The molecule has 0 heterocycles. The molecule has 4 bridgehead atoms. The zero-order valence-corrected chi connectivity index (χ0v) is 11.4. The topological polar surface area (TPSA) is 95.4 Å². The summed E-state index contributed by atoms with van der Waals surface area (Å²) in [7, 11) is 0. The van der Waals surface area contributed by atoms with Crippen LogP contribution in [-0.2, 0) is 14.3 Å². The van der Waals surface area contributed by atoms with E-state index in [0.717, 1.165) is 25.7 Å². The van der Waals surface area contributed by atoms with Gasteiger partial charge in [-0.05, 0) is 57.3 Å². The van der Waals surface area contributed by atoms with Crippen LogP contribution in [-0.4, -0.2) is 23.5 Å². The summed E-state index contributed by atoms with van der Waals surface area (Å²) < 4.78 is 4.98. The fourth-order valence-electron chi connectivity index (χ4n) is 4.86. The number of carbonyl (C=O) groups is 2. The molecule has 0 amide bonds. The first-order chi connectivity index (χ1) is 8.82. The van der Waals surface area contributed by atoms with Crippen LogP contribution in [0.25, 0.3) is 0 Å². The van der Waals surface area contributed by atoms with E-state index in [1.54, 1.807) is 0 Å². The van der Waals surface area contributed by atoms with Gasteiger partial charge in [-0.2, -0.15) is 0 Å². The molecule has 4 N–H and O–H groups in total. The highest BCUT2D eigenvalue weighted by molar-refractivity contribution is 5.91. The number of ether oxygens (including phenoxy) is 1. The smallest absolute Gasteiger partial charge is 0.330 e. The fourth-order valence-corrected chi connectivity index (χ4v) is 4.86. The summed E-state index contributed by atoms with van der Waals surface area (Å²) >= 11 is 0. The van der Waals surface area contributed by atoms with Crippen LogP contribution in [0, 0.1) is 17.3 Å². The number of hydrogen-bond donors (Lipinski definition) is 2. The van der Waals surface area contributed by atoms with Gasteiger partial charge in [-0.25, -0.2) is 4.79 Å². The quantitative estimate of drug-likeness (QED) is 0.566. The molecule has 0 radical (unpaired) electrons. The molecular formula is C14H22N2O3. The Hall–Kier alpha value is -0.940. The van der Waals surface area contributed by atoms with Crippen LogP contribution in [0.1, 0.15) is 45.4 Å². The Kier molecular flexibility index (Phi) is 2.77. The Labute approximate surface area is 113 Å². The molecule has 0 aromatic heterocycles. The molecular weight excluding hydrogens is 244 g/mol. The van der Waals surface area contributed by atoms with E-state index in [2.05, 4.69) is 0 Å². The first-order valence-corrected chi connectivity index (χ1v) is 7.13. The van der Waals surface area contributed by atoms with Gasteiger partial charge in [0.05, 0.1) is 5.41 Å². The largest absolute Gasteiger partial charge is 0.392 e. The Morgan fingerprint density at radius 1 is 1.21 bits per heavy atom. The molecule has 0 aromatic carbocycles. The highest BCUT2D eigenvalue weighted by Crippen LogP contribution is 2.61. The summed E-state index contributed by atoms with van der Waals surface area (Å²) in [6, 6.07) is -0.760. The lowest BCUT2D eigenvalue weighted by atomic mass is 9.47. The third-order valence-electron chi connectivity index (χ3n) is 5.10. The minimum Gasteiger partial charge on any atom is -0.392 e. The van der Waals surface area contributed by atoms with Crippen LogP contribution < -0.4 is 11.5 Å². The molecule has 19 heavy (non-hydrogen) atoms. The van der Waals surface area contributed by atoms with Crippen LogP contribution in [0.2, 0.25) is 0 Å². The molecule has 2 unspecified atom stereocenters. The summed E-state index contributed by atoms with van der Waals surface area (Å²) in [6.45, 7) is 1.53. The van der Waals surface area contributed by atoms with Crippen LogP contribution in [0.4, 0.5) is 0 Å². The molecule has 0 spiro atoms. The van der Waals surface area contributed by atoms with Crippen LogP contribution in [0.3, 0.4) is 0 Å². The van der Waals surface area contributed by atoms with Crippen molar-refractivity contribution >= 4 is 11.9 Å². The van der Waals surface area contributed by atoms with Crippen molar-refractivity contribution in [1.29, 1.82) is 0 Å². The van der Waals surface area contributed by atoms with E-state index in [4.69, 9.17) is 16.2 Å². The SMILES string of the molecule is C[C@H](N)C(=O)OC(=O)C12CC3CC(CC(N)(C3)C1)C2. The summed E-state index contributed by atoms with van der Waals surface area (Å²) in [5, 5.41) is 0. The predicted octanol–water partition coefficient (Wildman–Crippen LogP) is 0.701. The maximum Gasteiger partial charge on any atom is 0.330 e. The van der Waals surface area contributed by atoms with Gasteiger partial charge < -0.3 is 16.2 Å². The molecule has 0 aromatic rings. The third kappa shape index (κ3) is 2.09. The second-order valence-electron chi connectivity index (χ2n) is 7.10. The number of rotatable bonds is 2. The Morgan fingerprint density at radius 3 is 2.26 bits per heavy atom. The molecule has 4 aliphatic carbocycles. The van der Waals surface area contributed by atoms with E-state index < -0.39 is 23.4 Å². The molecule has 4 rings (SSSR count). The second-order valence-corrected chi connectivity index (χ2v) is 7.10. The molecule has 4 fully saturated rings. The van der Waals surface area contributed by atoms with E-state index in [0.29, 0.717) is 18.3 Å². The van der Waals surface area contributed by atoms with E-state index >= 15 is 0 Å². The summed E-state index contributed by atoms with van der Waals surface area (Å²) in [5.41, 5.74) is 11.1. The summed E-state index contributed by atoms with van der Waals surface area (Å²) in [4.78, 5) is 23.9. The highest BCUT2D eigenvalue weighted by Gasteiger charge is 2.60. The monoisotopic (exact) mass is 266 g/mol. The van der Waals surface area contributed by atoms with E-state index in [9.17, 15) is 9.59 Å². The van der Waals surface area contributed by atoms with E-state index in [1.807, 2.05) is 0 Å². The molecule has 4 aliphatic rings. The normalized spacial score (nSPS) is 45.0. The number of esters is 2. The molecule has 5 heteroatoms. The van der Waals surface area contributed by atoms with Gasteiger partial charge in [0.1, 0.15) is 6.04 Å². The van der Waals surface area contributed by atoms with Crippen molar-refractivity contribution in [2.24, 2.45) is 28.7 Å². The lowest BCUT2D eigenvalue weighted by Gasteiger charge is -2.59. The average Bonchev–Trinajstić information content (AvgIpc) is 2.24. The van der Waals surface area contributed by atoms with E-state index in [-0.39, 0.29) is 5.54 Å². The highest BCUT2D eigenvalue weighted by atomic mass is 16.6. The number of hydrogen-bond acceptors (Lipinski definition) is 5. The standard InChI is InChI=1S/C14H22N2O3/c1-8(15)11(17)19-12(18)13-3-9-2-10(4-13)6-14(16,5-9)7-13/h8-10H,2-7,15-16H2,1H3/t8-,9?,10?,13?,14?/m0/s1. The van der Waals surface area contributed by atoms with Crippen molar-refractivity contribution in [1.82, 2.24) is 0 Å². The van der Waals surface area contributed by atoms with Gasteiger partial charge in [0.25, 0.3) is 0 Å². The maximum absolute atomic E-state index is 12.4. The van der Waals surface area contributed by atoms with Crippen molar-refractivity contribution in [2.45, 2.75) is 57.0 Å². The van der Waals surface area contributed by atoms with Crippen molar-refractivity contribution in [3.05, 3.63) is 0 Å². The van der Waals surface area contributed by atoms with E-state index in [1.165, 1.54) is 13.3 Å². The van der Waals surface area contributed by atoms with Gasteiger partial charge in [-0.3, -0.25) is 4.79 Å². The first-order valence-electron chi connectivity index (χ1n) is 7.13. The van der Waals surface area contributed by atoms with Gasteiger partial charge >= 0.3 is 11.9 Å². The van der Waals surface area contributed by atoms with Gasteiger partial charge in [-0.1, -0.05) is 0 Å². The summed E-state index contributed by atoms with van der Waals surface area (Å²) in [6.07, 6.45) is 5.52. The van der Waals surface area contributed by atoms with Crippen molar-refractivity contribution in [3.8, 4) is 0 Å². The maximum atomic E-state index is 12.4. The number of carbonyl (C=O) groups excluding carboxylic acids is 2. The minimum atomic E-state index is -0.760. The Morgan fingerprint density at radius 2 is 1.79 bits per heavy atom. The fraction of sp³-hybridized carbons (Fsp3) is 0.857. The summed E-state index contributed by atoms with van der Waals surface area (Å²) in [5.74, 6) is 0.0129. The molecule has 4 saturated carbocycles. The third-order valence-corrected chi connectivity index (χ3v) is 5.10. The predicted molar refractivity (Wildman–Crippen MR) is 68.8 cm³/mol. The molecule has 106 valence electrons. The molecule has 5 nitrogen and oxygen atoms in total. The van der Waals surface area contributed by atoms with Crippen LogP contribution >= 0.6 is 0 Å². The van der Waals surface area contributed by atoms with Crippen molar-refractivity contribution < 1.29 is 14.3 Å². The van der Waals surface area contributed by atoms with Gasteiger partial charge in [0.15, 0.2) is 0 Å². The van der Waals surface area contributed by atoms with Crippen LogP contribution in [0.5, 0.6) is 0 Å².